The predicted octanol–water partition coefficient (Wildman–Crippen LogP) is 3.15. The van der Waals surface area contributed by atoms with E-state index >= 15 is 0 Å². The molecular formula is C17H18N2O2. The molecule has 2 fully saturated rings. The van der Waals surface area contributed by atoms with Crippen LogP contribution in [-0.2, 0) is 4.79 Å². The van der Waals surface area contributed by atoms with Gasteiger partial charge in [0.2, 0.25) is 11.8 Å². The van der Waals surface area contributed by atoms with Gasteiger partial charge in [-0.15, -0.1) is 0 Å². The summed E-state index contributed by atoms with van der Waals surface area (Å²) in [6, 6.07) is 7.97. The van der Waals surface area contributed by atoms with E-state index in [1.54, 1.807) is 6.08 Å². The summed E-state index contributed by atoms with van der Waals surface area (Å²) in [4.78, 5) is 16.4. The summed E-state index contributed by atoms with van der Waals surface area (Å²) in [6.07, 6.45) is 8.22. The monoisotopic (exact) mass is 282 g/mol. The number of amides is 1. The van der Waals surface area contributed by atoms with Crippen LogP contribution in [0.25, 0.3) is 17.2 Å². The third kappa shape index (κ3) is 2.84. The first-order valence-corrected chi connectivity index (χ1v) is 7.64. The van der Waals surface area contributed by atoms with Gasteiger partial charge in [-0.1, -0.05) is 12.1 Å². The van der Waals surface area contributed by atoms with E-state index in [-0.39, 0.29) is 5.91 Å². The van der Waals surface area contributed by atoms with Crippen LogP contribution in [0.2, 0.25) is 0 Å². The number of rotatable bonds is 5. The number of oxazole rings is 1. The van der Waals surface area contributed by atoms with Crippen LogP contribution in [0.5, 0.6) is 0 Å². The van der Waals surface area contributed by atoms with E-state index in [9.17, 15) is 4.79 Å². The highest BCUT2D eigenvalue weighted by Gasteiger charge is 2.41. The van der Waals surface area contributed by atoms with Gasteiger partial charge in [0.05, 0.1) is 0 Å². The Labute approximate surface area is 123 Å². The lowest BCUT2D eigenvalue weighted by Crippen LogP contribution is -2.37. The average Bonchev–Trinajstić information content (AvgIpc) is 3.39. The highest BCUT2D eigenvalue weighted by molar-refractivity contribution is 5.91. The molecular weight excluding hydrogens is 264 g/mol. The van der Waals surface area contributed by atoms with E-state index < -0.39 is 0 Å². The quantitative estimate of drug-likeness (QED) is 0.857. The molecule has 0 unspecified atom stereocenters. The summed E-state index contributed by atoms with van der Waals surface area (Å²) in [7, 11) is 0. The van der Waals surface area contributed by atoms with Crippen molar-refractivity contribution in [1.29, 1.82) is 0 Å². The molecule has 21 heavy (non-hydrogen) atoms. The van der Waals surface area contributed by atoms with E-state index in [2.05, 4.69) is 10.3 Å². The number of hydrogen-bond acceptors (Lipinski definition) is 3. The van der Waals surface area contributed by atoms with Gasteiger partial charge in [-0.25, -0.2) is 4.98 Å². The number of hydrogen-bond donors (Lipinski definition) is 1. The van der Waals surface area contributed by atoms with Gasteiger partial charge >= 0.3 is 0 Å². The van der Waals surface area contributed by atoms with Gasteiger partial charge in [0.25, 0.3) is 0 Å². The topological polar surface area (TPSA) is 55.1 Å². The predicted molar refractivity (Wildman–Crippen MR) is 80.4 cm³/mol. The second kappa shape index (κ2) is 5.02. The Balaban J connectivity index is 1.43. The van der Waals surface area contributed by atoms with Crippen LogP contribution in [0.4, 0.5) is 0 Å². The number of nitrogens with one attached hydrogen (secondary N) is 1. The Kier molecular flexibility index (Phi) is 3.02. The van der Waals surface area contributed by atoms with Crippen LogP contribution in [0.15, 0.2) is 34.8 Å². The molecule has 1 amide bonds. The summed E-state index contributed by atoms with van der Waals surface area (Å²) in [6.45, 7) is 0. The zero-order valence-electron chi connectivity index (χ0n) is 11.8. The summed E-state index contributed by atoms with van der Waals surface area (Å²) in [5, 5.41) is 3.15. The van der Waals surface area contributed by atoms with Crippen molar-refractivity contribution in [1.82, 2.24) is 10.3 Å². The molecule has 2 aliphatic rings. The minimum atomic E-state index is -0.0407. The van der Waals surface area contributed by atoms with Crippen LogP contribution < -0.4 is 5.32 Å². The van der Waals surface area contributed by atoms with Gasteiger partial charge in [0.15, 0.2) is 5.58 Å². The standard InChI is InChI=1S/C17H18N2O2/c20-15(19-17(11-5-6-11)12-7-8-12)9-10-16-18-13-3-1-2-4-14(13)21-16/h1-4,9-12,17H,5-8H2,(H,19,20)/b10-9+. The molecule has 2 saturated carbocycles. The largest absolute Gasteiger partial charge is 0.437 e. The molecule has 2 aliphatic carbocycles. The van der Waals surface area contributed by atoms with E-state index in [4.69, 9.17) is 4.42 Å². The maximum absolute atomic E-state index is 12.0. The van der Waals surface area contributed by atoms with Crippen molar-refractivity contribution in [3.8, 4) is 0 Å². The third-order valence-electron chi connectivity index (χ3n) is 4.26. The molecule has 1 N–H and O–H groups in total. The second-order valence-electron chi connectivity index (χ2n) is 6.06. The zero-order chi connectivity index (χ0) is 14.2. The number of carbonyl (C=O) groups is 1. The molecule has 0 saturated heterocycles. The number of nitrogens with zero attached hydrogens (tertiary/aromatic N) is 1. The van der Waals surface area contributed by atoms with Crippen molar-refractivity contribution in [3.05, 3.63) is 36.2 Å². The molecule has 0 atom stereocenters. The molecule has 108 valence electrons. The van der Waals surface area contributed by atoms with Gasteiger partial charge in [-0.05, 0) is 49.7 Å². The number of carbonyl (C=O) groups excluding carboxylic acids is 1. The van der Waals surface area contributed by atoms with Crippen molar-refractivity contribution in [2.75, 3.05) is 0 Å². The molecule has 1 aromatic heterocycles. The average molecular weight is 282 g/mol. The lowest BCUT2D eigenvalue weighted by Gasteiger charge is -2.15. The van der Waals surface area contributed by atoms with Crippen LogP contribution in [0.1, 0.15) is 31.6 Å². The first kappa shape index (κ1) is 12.6. The van der Waals surface area contributed by atoms with Crippen molar-refractivity contribution in [2.45, 2.75) is 31.7 Å². The Bertz CT molecular complexity index is 651. The highest BCUT2D eigenvalue weighted by Crippen LogP contribution is 2.44. The van der Waals surface area contributed by atoms with Crippen molar-refractivity contribution in [2.24, 2.45) is 11.8 Å². The molecule has 4 heteroatoms. The smallest absolute Gasteiger partial charge is 0.244 e. The third-order valence-corrected chi connectivity index (χ3v) is 4.26. The highest BCUT2D eigenvalue weighted by atomic mass is 16.3. The van der Waals surface area contributed by atoms with E-state index in [0.717, 1.165) is 11.1 Å². The first-order chi connectivity index (χ1) is 10.3. The number of benzene rings is 1. The fraction of sp³-hybridized carbons (Fsp3) is 0.412. The zero-order valence-corrected chi connectivity index (χ0v) is 11.8. The van der Waals surface area contributed by atoms with Gasteiger partial charge in [0.1, 0.15) is 5.52 Å². The van der Waals surface area contributed by atoms with Crippen LogP contribution >= 0.6 is 0 Å². The maximum atomic E-state index is 12.0. The normalized spacial score (nSPS) is 18.7. The number of aromatic nitrogens is 1. The second-order valence-corrected chi connectivity index (χ2v) is 6.06. The minimum absolute atomic E-state index is 0.0407. The minimum Gasteiger partial charge on any atom is -0.437 e. The Morgan fingerprint density at radius 2 is 1.95 bits per heavy atom. The fourth-order valence-corrected chi connectivity index (χ4v) is 2.85. The van der Waals surface area contributed by atoms with Crippen molar-refractivity contribution in [3.63, 3.8) is 0 Å². The van der Waals surface area contributed by atoms with Gasteiger partial charge in [-0.3, -0.25) is 4.79 Å². The summed E-state index contributed by atoms with van der Waals surface area (Å²) in [5.74, 6) is 1.85. The SMILES string of the molecule is O=C(/C=C/c1nc2ccccc2o1)NC(C1CC1)C1CC1. The van der Waals surface area contributed by atoms with E-state index in [0.29, 0.717) is 23.8 Å². The molecule has 0 spiro atoms. The van der Waals surface area contributed by atoms with Crippen molar-refractivity contribution >= 4 is 23.1 Å². The summed E-state index contributed by atoms with van der Waals surface area (Å²) < 4.78 is 5.57. The fourth-order valence-electron chi connectivity index (χ4n) is 2.85. The lowest BCUT2D eigenvalue weighted by atomic mass is 10.1. The molecule has 1 heterocycles. The van der Waals surface area contributed by atoms with Crippen LogP contribution in [0, 0.1) is 11.8 Å². The Morgan fingerprint density at radius 3 is 2.62 bits per heavy atom. The molecule has 2 aromatic rings. The molecule has 4 nitrogen and oxygen atoms in total. The summed E-state index contributed by atoms with van der Waals surface area (Å²) in [5.41, 5.74) is 1.55. The number of para-hydroxylation sites is 2. The molecule has 0 bridgehead atoms. The van der Waals surface area contributed by atoms with Gasteiger partial charge < -0.3 is 9.73 Å². The Hall–Kier alpha value is -2.10. The Morgan fingerprint density at radius 1 is 1.24 bits per heavy atom. The van der Waals surface area contributed by atoms with Crippen LogP contribution in [-0.4, -0.2) is 16.9 Å². The molecule has 1 aromatic carbocycles. The van der Waals surface area contributed by atoms with Gasteiger partial charge in [0, 0.05) is 18.2 Å². The van der Waals surface area contributed by atoms with E-state index in [1.807, 2.05) is 24.3 Å². The molecule has 0 radical (unpaired) electrons. The van der Waals surface area contributed by atoms with Gasteiger partial charge in [-0.2, -0.15) is 0 Å². The lowest BCUT2D eigenvalue weighted by molar-refractivity contribution is -0.117. The van der Waals surface area contributed by atoms with Crippen LogP contribution in [0.3, 0.4) is 0 Å². The van der Waals surface area contributed by atoms with E-state index in [1.165, 1.54) is 31.8 Å². The summed E-state index contributed by atoms with van der Waals surface area (Å²) >= 11 is 0. The van der Waals surface area contributed by atoms with Crippen molar-refractivity contribution < 1.29 is 9.21 Å². The number of fused-ring (bicyclic) bond motifs is 1. The molecule has 0 aliphatic heterocycles. The first-order valence-electron chi connectivity index (χ1n) is 7.64. The molecule has 4 rings (SSSR count). The maximum Gasteiger partial charge on any atom is 0.244 e.